The van der Waals surface area contributed by atoms with E-state index in [0.717, 1.165) is 16.7 Å². The summed E-state index contributed by atoms with van der Waals surface area (Å²) in [4.78, 5) is 4.29. The summed E-state index contributed by atoms with van der Waals surface area (Å²) in [6.45, 7) is 0. The van der Waals surface area contributed by atoms with Gasteiger partial charge in [0.05, 0.1) is 12.5 Å². The standard InChI is InChI=1S/C10H8N2OS/c1-14-10-12-9-7(5-6-11)3-2-4-8(9)13-10/h2-4H,5H2,1H3. The summed E-state index contributed by atoms with van der Waals surface area (Å²) in [5.74, 6) is 0. The van der Waals surface area contributed by atoms with E-state index in [0.29, 0.717) is 11.6 Å². The molecule has 1 aromatic heterocycles. The third-order valence-electron chi connectivity index (χ3n) is 1.93. The predicted molar refractivity (Wildman–Crippen MR) is 55.1 cm³/mol. The van der Waals surface area contributed by atoms with Crippen LogP contribution < -0.4 is 0 Å². The molecule has 0 aliphatic carbocycles. The third kappa shape index (κ3) is 1.47. The summed E-state index contributed by atoms with van der Waals surface area (Å²) in [7, 11) is 0. The number of benzene rings is 1. The molecule has 0 amide bonds. The quantitative estimate of drug-likeness (QED) is 0.705. The number of hydrogen-bond acceptors (Lipinski definition) is 4. The summed E-state index contributed by atoms with van der Waals surface area (Å²) >= 11 is 1.46. The van der Waals surface area contributed by atoms with Gasteiger partial charge in [0.25, 0.3) is 5.22 Å². The molecule has 70 valence electrons. The van der Waals surface area contributed by atoms with Gasteiger partial charge in [-0.25, -0.2) is 4.98 Å². The lowest BCUT2D eigenvalue weighted by molar-refractivity contribution is 0.490. The minimum absolute atomic E-state index is 0.373. The van der Waals surface area contributed by atoms with Gasteiger partial charge in [0.2, 0.25) is 0 Å². The van der Waals surface area contributed by atoms with Crippen molar-refractivity contribution >= 4 is 22.9 Å². The summed E-state index contributed by atoms with van der Waals surface area (Å²) in [5, 5.41) is 9.27. The zero-order valence-corrected chi connectivity index (χ0v) is 8.47. The topological polar surface area (TPSA) is 49.8 Å². The van der Waals surface area contributed by atoms with Gasteiger partial charge in [-0.15, -0.1) is 0 Å². The molecular formula is C10H8N2OS. The van der Waals surface area contributed by atoms with Crippen LogP contribution in [0.15, 0.2) is 27.8 Å². The molecule has 14 heavy (non-hydrogen) atoms. The van der Waals surface area contributed by atoms with Crippen molar-refractivity contribution in [3.63, 3.8) is 0 Å². The summed E-state index contributed by atoms with van der Waals surface area (Å²) in [5.41, 5.74) is 2.48. The SMILES string of the molecule is CSc1nc2c(CC#N)cccc2o1. The highest BCUT2D eigenvalue weighted by Crippen LogP contribution is 2.24. The van der Waals surface area contributed by atoms with Crippen molar-refractivity contribution in [2.75, 3.05) is 6.26 Å². The normalized spacial score (nSPS) is 10.3. The van der Waals surface area contributed by atoms with Crippen molar-refractivity contribution in [3.05, 3.63) is 23.8 Å². The summed E-state index contributed by atoms with van der Waals surface area (Å²) < 4.78 is 5.45. The highest BCUT2D eigenvalue weighted by Gasteiger charge is 2.07. The van der Waals surface area contributed by atoms with E-state index in [1.54, 1.807) is 0 Å². The predicted octanol–water partition coefficient (Wildman–Crippen LogP) is 2.62. The number of oxazole rings is 1. The number of aromatic nitrogens is 1. The van der Waals surface area contributed by atoms with Gasteiger partial charge in [0.15, 0.2) is 5.58 Å². The Hall–Kier alpha value is -1.47. The van der Waals surface area contributed by atoms with Gasteiger partial charge >= 0.3 is 0 Å². The minimum Gasteiger partial charge on any atom is -0.431 e. The zero-order valence-electron chi connectivity index (χ0n) is 7.65. The molecule has 4 heteroatoms. The number of fused-ring (bicyclic) bond motifs is 1. The molecule has 0 radical (unpaired) electrons. The molecule has 1 heterocycles. The fraction of sp³-hybridized carbons (Fsp3) is 0.200. The van der Waals surface area contributed by atoms with E-state index < -0.39 is 0 Å². The van der Waals surface area contributed by atoms with E-state index in [1.165, 1.54) is 11.8 Å². The first-order chi connectivity index (χ1) is 6.85. The van der Waals surface area contributed by atoms with Gasteiger partial charge in [0, 0.05) is 0 Å². The van der Waals surface area contributed by atoms with Crippen molar-refractivity contribution in [1.82, 2.24) is 4.98 Å². The largest absolute Gasteiger partial charge is 0.431 e. The Bertz CT molecular complexity index is 498. The van der Waals surface area contributed by atoms with Gasteiger partial charge in [-0.2, -0.15) is 5.26 Å². The Kier molecular flexibility index (Phi) is 2.42. The average molecular weight is 204 g/mol. The first-order valence-electron chi connectivity index (χ1n) is 4.14. The molecule has 2 rings (SSSR count). The molecule has 0 fully saturated rings. The number of nitrogens with zero attached hydrogens (tertiary/aromatic N) is 2. The second-order valence-corrected chi connectivity index (χ2v) is 3.54. The molecule has 1 aromatic carbocycles. The van der Waals surface area contributed by atoms with Crippen LogP contribution in [0.1, 0.15) is 5.56 Å². The second kappa shape index (κ2) is 3.72. The molecule has 0 aliphatic heterocycles. The van der Waals surface area contributed by atoms with Crippen LogP contribution >= 0.6 is 11.8 Å². The van der Waals surface area contributed by atoms with Crippen molar-refractivity contribution < 1.29 is 4.42 Å². The number of para-hydroxylation sites is 1. The van der Waals surface area contributed by atoms with Crippen LogP contribution in [0.3, 0.4) is 0 Å². The molecular weight excluding hydrogens is 196 g/mol. The Balaban J connectivity index is 2.62. The van der Waals surface area contributed by atoms with Crippen molar-refractivity contribution in [2.24, 2.45) is 0 Å². The maximum absolute atomic E-state index is 8.63. The maximum atomic E-state index is 8.63. The van der Waals surface area contributed by atoms with Gasteiger partial charge in [-0.1, -0.05) is 23.9 Å². The van der Waals surface area contributed by atoms with Crippen LogP contribution in [0, 0.1) is 11.3 Å². The van der Waals surface area contributed by atoms with E-state index in [1.807, 2.05) is 24.5 Å². The molecule has 0 aliphatic rings. The van der Waals surface area contributed by atoms with E-state index in [4.69, 9.17) is 9.68 Å². The van der Waals surface area contributed by atoms with Crippen LogP contribution in [0.4, 0.5) is 0 Å². The molecule has 0 unspecified atom stereocenters. The highest BCUT2D eigenvalue weighted by atomic mass is 32.2. The zero-order chi connectivity index (χ0) is 9.97. The molecule has 2 aromatic rings. The molecule has 3 nitrogen and oxygen atoms in total. The van der Waals surface area contributed by atoms with Gasteiger partial charge < -0.3 is 4.42 Å². The first-order valence-corrected chi connectivity index (χ1v) is 5.37. The van der Waals surface area contributed by atoms with Crippen molar-refractivity contribution in [1.29, 1.82) is 5.26 Å². The summed E-state index contributed by atoms with van der Waals surface area (Å²) in [6.07, 6.45) is 2.28. The number of rotatable bonds is 2. The van der Waals surface area contributed by atoms with Gasteiger partial charge in [0.1, 0.15) is 5.52 Å². The first kappa shape index (κ1) is 9.10. The second-order valence-electron chi connectivity index (χ2n) is 2.78. The number of thioether (sulfide) groups is 1. The molecule has 0 N–H and O–H groups in total. The van der Waals surface area contributed by atoms with Crippen LogP contribution in [0.5, 0.6) is 0 Å². The molecule has 0 saturated carbocycles. The van der Waals surface area contributed by atoms with E-state index in [9.17, 15) is 0 Å². The lowest BCUT2D eigenvalue weighted by Gasteiger charge is -1.92. The number of hydrogen-bond donors (Lipinski definition) is 0. The van der Waals surface area contributed by atoms with E-state index in [2.05, 4.69) is 11.1 Å². The summed E-state index contributed by atoms with van der Waals surface area (Å²) in [6, 6.07) is 7.76. The third-order valence-corrected chi connectivity index (χ3v) is 2.45. The molecule has 0 bridgehead atoms. The monoisotopic (exact) mass is 204 g/mol. The van der Waals surface area contributed by atoms with Crippen molar-refractivity contribution in [3.8, 4) is 6.07 Å². The van der Waals surface area contributed by atoms with Crippen LogP contribution in [0.2, 0.25) is 0 Å². The fourth-order valence-electron chi connectivity index (χ4n) is 1.30. The fourth-order valence-corrected chi connectivity index (χ4v) is 1.66. The van der Waals surface area contributed by atoms with Crippen LogP contribution in [0.25, 0.3) is 11.1 Å². The Morgan fingerprint density at radius 2 is 2.43 bits per heavy atom. The molecule has 0 atom stereocenters. The lowest BCUT2D eigenvalue weighted by Crippen LogP contribution is -1.82. The van der Waals surface area contributed by atoms with E-state index >= 15 is 0 Å². The van der Waals surface area contributed by atoms with Crippen LogP contribution in [-0.4, -0.2) is 11.2 Å². The Morgan fingerprint density at radius 1 is 1.57 bits per heavy atom. The smallest absolute Gasteiger partial charge is 0.256 e. The van der Waals surface area contributed by atoms with E-state index in [-0.39, 0.29) is 0 Å². The minimum atomic E-state index is 0.373. The lowest BCUT2D eigenvalue weighted by atomic mass is 10.1. The Labute approximate surface area is 85.7 Å². The number of nitriles is 1. The van der Waals surface area contributed by atoms with Gasteiger partial charge in [-0.05, 0) is 17.9 Å². The molecule has 0 spiro atoms. The maximum Gasteiger partial charge on any atom is 0.256 e. The Morgan fingerprint density at radius 3 is 3.14 bits per heavy atom. The molecule has 0 saturated heterocycles. The highest BCUT2D eigenvalue weighted by molar-refractivity contribution is 7.98. The average Bonchev–Trinajstić information content (AvgIpc) is 2.62. The van der Waals surface area contributed by atoms with Gasteiger partial charge in [-0.3, -0.25) is 0 Å². The van der Waals surface area contributed by atoms with Crippen LogP contribution in [-0.2, 0) is 6.42 Å². The van der Waals surface area contributed by atoms with Crippen molar-refractivity contribution in [2.45, 2.75) is 11.6 Å².